The monoisotopic (exact) mass is 342 g/mol. The first-order valence-electron chi connectivity index (χ1n) is 3.11. The summed E-state index contributed by atoms with van der Waals surface area (Å²) in [5, 5.41) is 0. The van der Waals surface area contributed by atoms with Crippen LogP contribution in [-0.2, 0) is 6.18 Å². The maximum absolute atomic E-state index is 12.2. The molecular weight excluding hydrogens is 339 g/mol. The molecule has 0 radical (unpaired) electrons. The zero-order valence-corrected chi connectivity index (χ0v) is 9.75. The summed E-state index contributed by atoms with van der Waals surface area (Å²) in [6, 6.07) is 4.83. The number of rotatable bonds is 1. The molecule has 0 aliphatic carbocycles. The van der Waals surface area contributed by atoms with E-state index in [1.807, 2.05) is 0 Å². The molecule has 0 bridgehead atoms. The zero-order valence-electron chi connectivity index (χ0n) is 6.08. The molecule has 0 N–H and O–H groups in total. The molecule has 0 spiro atoms. The van der Waals surface area contributed by atoms with Crippen molar-refractivity contribution >= 4 is 35.4 Å². The molecule has 0 saturated carbocycles. The van der Waals surface area contributed by atoms with Crippen molar-refractivity contribution in [3.63, 3.8) is 0 Å². The van der Waals surface area contributed by atoms with Gasteiger partial charge in [0.1, 0.15) is 0 Å². The molecule has 0 atom stereocenters. The second-order valence-corrected chi connectivity index (χ2v) is 9.39. The number of alkyl halides is 3. The van der Waals surface area contributed by atoms with Gasteiger partial charge in [-0.3, -0.25) is 0 Å². The van der Waals surface area contributed by atoms with Crippen LogP contribution in [0.1, 0.15) is 5.56 Å². The molecule has 1 rings (SSSR count). The van der Waals surface area contributed by atoms with E-state index in [0.29, 0.717) is 3.57 Å². The normalized spacial score (nSPS) is 12.8. The fraction of sp³-hybridized carbons (Fsp3) is 0.143. The summed E-state index contributed by atoms with van der Waals surface area (Å²) < 4.78 is 36.9. The van der Waals surface area contributed by atoms with Crippen LogP contribution >= 0.6 is 35.4 Å². The summed E-state index contributed by atoms with van der Waals surface area (Å²) in [6.45, 7) is 0. The molecule has 74 valence electrons. The van der Waals surface area contributed by atoms with Gasteiger partial charge in [0, 0.05) is 0 Å². The summed E-state index contributed by atoms with van der Waals surface area (Å²) in [6.07, 6.45) is -4.32. The third-order valence-corrected chi connectivity index (χ3v) is 5.14. The average Bonchev–Trinajstić information content (AvgIpc) is 2.03. The first-order valence-corrected chi connectivity index (χ1v) is 9.66. The minimum absolute atomic E-state index is 0.405. The Morgan fingerprint density at radius 2 is 1.77 bits per heavy atom. The van der Waals surface area contributed by atoms with E-state index in [1.54, 1.807) is 0 Å². The van der Waals surface area contributed by atoms with Gasteiger partial charge in [-0.1, -0.05) is 0 Å². The van der Waals surface area contributed by atoms with Crippen molar-refractivity contribution in [1.82, 2.24) is 0 Å². The zero-order chi connectivity index (χ0) is 10.1. The first kappa shape index (κ1) is 11.4. The van der Waals surface area contributed by atoms with Crippen molar-refractivity contribution < 1.29 is 13.2 Å². The van der Waals surface area contributed by atoms with Gasteiger partial charge >= 0.3 is 88.1 Å². The Balaban J connectivity index is 3.06. The van der Waals surface area contributed by atoms with E-state index in [4.69, 9.17) is 17.8 Å². The summed E-state index contributed by atoms with van der Waals surface area (Å²) >= 11 is -2.35. The maximum atomic E-state index is 12.2. The van der Waals surface area contributed by atoms with Crippen LogP contribution < -0.4 is 0 Å². The van der Waals surface area contributed by atoms with E-state index >= 15 is 0 Å². The van der Waals surface area contributed by atoms with E-state index in [1.165, 1.54) is 12.1 Å². The third kappa shape index (κ3) is 3.18. The van der Waals surface area contributed by atoms with E-state index in [9.17, 15) is 13.2 Å². The number of hydrogen-bond acceptors (Lipinski definition) is 0. The second kappa shape index (κ2) is 4.23. The van der Waals surface area contributed by atoms with Crippen LogP contribution in [0.15, 0.2) is 24.3 Å². The van der Waals surface area contributed by atoms with Gasteiger partial charge in [0.15, 0.2) is 0 Å². The fourth-order valence-electron chi connectivity index (χ4n) is 0.754. The molecule has 0 fully saturated rings. The Morgan fingerprint density at radius 3 is 2.23 bits per heavy atom. The van der Waals surface area contributed by atoms with Gasteiger partial charge in [0.05, 0.1) is 0 Å². The van der Waals surface area contributed by atoms with Gasteiger partial charge in [0.25, 0.3) is 0 Å². The van der Waals surface area contributed by atoms with Crippen molar-refractivity contribution in [3.8, 4) is 0 Å². The average molecular weight is 343 g/mol. The molecule has 0 nitrogen and oxygen atoms in total. The summed E-state index contributed by atoms with van der Waals surface area (Å²) in [5.41, 5.74) is -0.700. The van der Waals surface area contributed by atoms with E-state index in [-0.39, 0.29) is 0 Å². The van der Waals surface area contributed by atoms with Crippen LogP contribution in [0.4, 0.5) is 13.2 Å². The summed E-state index contributed by atoms with van der Waals surface area (Å²) in [5.74, 6) is 0. The molecule has 6 heteroatoms. The van der Waals surface area contributed by atoms with Crippen molar-refractivity contribution in [2.75, 3.05) is 0 Å². The van der Waals surface area contributed by atoms with Crippen molar-refractivity contribution in [2.24, 2.45) is 0 Å². The molecule has 0 aromatic heterocycles. The van der Waals surface area contributed by atoms with Crippen LogP contribution in [0.2, 0.25) is 0 Å². The molecule has 0 saturated heterocycles. The molecule has 0 aliphatic rings. The van der Waals surface area contributed by atoms with Crippen molar-refractivity contribution in [3.05, 3.63) is 33.4 Å². The van der Waals surface area contributed by atoms with E-state index < -0.39 is 29.3 Å². The molecule has 0 amide bonds. The molecule has 13 heavy (non-hydrogen) atoms. The topological polar surface area (TPSA) is 0 Å². The predicted molar refractivity (Wildman–Crippen MR) is 55.9 cm³/mol. The van der Waals surface area contributed by atoms with E-state index in [2.05, 4.69) is 0 Å². The minimum atomic E-state index is -4.32. The quantitative estimate of drug-likeness (QED) is 0.649. The Morgan fingerprint density at radius 1 is 1.15 bits per heavy atom. The van der Waals surface area contributed by atoms with E-state index in [0.717, 1.165) is 12.1 Å². The summed E-state index contributed by atoms with van der Waals surface area (Å²) in [4.78, 5) is 0. The van der Waals surface area contributed by atoms with Gasteiger partial charge in [0.2, 0.25) is 0 Å². The summed E-state index contributed by atoms with van der Waals surface area (Å²) in [7, 11) is 11.2. The molecule has 0 unspecified atom stereocenters. The van der Waals surface area contributed by atoms with Crippen LogP contribution in [-0.4, -0.2) is 0 Å². The molecular formula is C7H4Cl2F3I. The number of benzene rings is 1. The fourth-order valence-corrected chi connectivity index (χ4v) is 3.00. The van der Waals surface area contributed by atoms with Crippen LogP contribution in [0.25, 0.3) is 0 Å². The Labute approximate surface area is 87.8 Å². The van der Waals surface area contributed by atoms with Crippen molar-refractivity contribution in [1.29, 1.82) is 0 Å². The van der Waals surface area contributed by atoms with Gasteiger partial charge < -0.3 is 0 Å². The van der Waals surface area contributed by atoms with Crippen LogP contribution in [0.3, 0.4) is 0 Å². The number of hydrogen-bond donors (Lipinski definition) is 0. The van der Waals surface area contributed by atoms with Crippen LogP contribution in [0.5, 0.6) is 0 Å². The molecule has 1 aromatic rings. The Bertz CT molecular complexity index is 298. The molecule has 1 aromatic carbocycles. The second-order valence-electron chi connectivity index (χ2n) is 2.20. The number of halogens is 6. The SMILES string of the molecule is FC(F)(F)c1cccc(I(Cl)Cl)c1. The van der Waals surface area contributed by atoms with Gasteiger partial charge in [-0.05, 0) is 0 Å². The third-order valence-electron chi connectivity index (χ3n) is 1.32. The Hall–Kier alpha value is 0.320. The molecule has 0 heterocycles. The first-order chi connectivity index (χ1) is 5.91. The van der Waals surface area contributed by atoms with Crippen molar-refractivity contribution in [2.45, 2.75) is 6.18 Å². The predicted octanol–water partition coefficient (Wildman–Crippen LogP) is 4.69. The van der Waals surface area contributed by atoms with Gasteiger partial charge in [-0.15, -0.1) is 0 Å². The van der Waals surface area contributed by atoms with Gasteiger partial charge in [-0.2, -0.15) is 0 Å². The standard InChI is InChI=1S/C7H4Cl2F3I/c8-13(9)6-3-1-2-5(4-6)7(10,11)12/h1-4H. The van der Waals surface area contributed by atoms with Crippen LogP contribution in [0, 0.1) is 3.57 Å². The molecule has 0 aliphatic heterocycles. The van der Waals surface area contributed by atoms with Gasteiger partial charge in [-0.25, -0.2) is 0 Å². The Kier molecular flexibility index (Phi) is 3.71.